The Bertz CT molecular complexity index is 887. The van der Waals surface area contributed by atoms with Gasteiger partial charge in [0.25, 0.3) is 5.91 Å². The van der Waals surface area contributed by atoms with E-state index in [4.69, 9.17) is 0 Å². The number of piperidine rings is 1. The maximum Gasteiger partial charge on any atom is 0.251 e. The molecular formula is C23H27N3O. The van der Waals surface area contributed by atoms with Gasteiger partial charge in [0, 0.05) is 29.9 Å². The highest BCUT2D eigenvalue weighted by Crippen LogP contribution is 2.16. The number of fused-ring (bicyclic) bond motifs is 1. The molecule has 1 aliphatic heterocycles. The van der Waals surface area contributed by atoms with Crippen molar-refractivity contribution in [3.05, 3.63) is 71.9 Å². The Morgan fingerprint density at radius 2 is 2.04 bits per heavy atom. The number of carbonyl (C=O) groups excluding carboxylic acids is 1. The van der Waals surface area contributed by atoms with Crippen molar-refractivity contribution >= 4 is 16.8 Å². The summed E-state index contributed by atoms with van der Waals surface area (Å²) in [4.78, 5) is 18.3. The molecule has 140 valence electrons. The van der Waals surface area contributed by atoms with E-state index in [0.717, 1.165) is 61.8 Å². The number of nitrogens with zero attached hydrogens (tertiary/aromatic N) is 1. The number of benzene rings is 2. The maximum absolute atomic E-state index is 12.6. The Hall–Kier alpha value is -2.59. The Morgan fingerprint density at radius 1 is 1.15 bits per heavy atom. The lowest BCUT2D eigenvalue weighted by atomic mass is 10.0. The van der Waals surface area contributed by atoms with E-state index < -0.39 is 0 Å². The van der Waals surface area contributed by atoms with E-state index in [0.29, 0.717) is 0 Å². The third-order valence-corrected chi connectivity index (χ3v) is 5.44. The van der Waals surface area contributed by atoms with Crippen LogP contribution in [0.15, 0.2) is 60.8 Å². The Morgan fingerprint density at radius 3 is 2.93 bits per heavy atom. The summed E-state index contributed by atoms with van der Waals surface area (Å²) in [7, 11) is 0. The second kappa shape index (κ2) is 8.40. The number of hydrogen-bond acceptors (Lipinski definition) is 2. The fraction of sp³-hybridized carbons (Fsp3) is 0.348. The van der Waals surface area contributed by atoms with Crippen LogP contribution < -0.4 is 5.32 Å². The van der Waals surface area contributed by atoms with E-state index in [9.17, 15) is 4.79 Å². The van der Waals surface area contributed by atoms with Gasteiger partial charge in [-0.15, -0.1) is 0 Å². The number of aryl methyl sites for hydroxylation is 1. The summed E-state index contributed by atoms with van der Waals surface area (Å²) in [6.07, 6.45) is 6.39. The van der Waals surface area contributed by atoms with Crippen LogP contribution in [0.4, 0.5) is 0 Å². The average molecular weight is 361 g/mol. The molecule has 4 rings (SSSR count). The molecule has 2 heterocycles. The molecule has 0 bridgehead atoms. The monoisotopic (exact) mass is 361 g/mol. The van der Waals surface area contributed by atoms with Crippen LogP contribution in [-0.2, 0) is 6.42 Å². The van der Waals surface area contributed by atoms with Crippen molar-refractivity contribution in [1.82, 2.24) is 15.2 Å². The molecule has 1 saturated heterocycles. The number of hydrogen-bond donors (Lipinski definition) is 2. The maximum atomic E-state index is 12.6. The standard InChI is InChI=1S/C23H27N3O/c27-23(20-11-10-19-12-13-24-22(19)16-20)25-21-9-5-15-26(17-21)14-4-8-18-6-2-1-3-7-18/h1-3,6-7,10-13,16,21,24H,4-5,8-9,14-15,17H2,(H,25,27)/t21-/m1/s1. The van der Waals surface area contributed by atoms with Crippen LogP contribution in [0.5, 0.6) is 0 Å². The third kappa shape index (κ3) is 4.58. The summed E-state index contributed by atoms with van der Waals surface area (Å²) in [5.41, 5.74) is 3.14. The minimum Gasteiger partial charge on any atom is -0.361 e. The summed E-state index contributed by atoms with van der Waals surface area (Å²) in [5.74, 6) is 0.0302. The number of aromatic nitrogens is 1. The molecule has 0 radical (unpaired) electrons. The van der Waals surface area contributed by atoms with Crippen LogP contribution in [0.3, 0.4) is 0 Å². The van der Waals surface area contributed by atoms with Crippen molar-refractivity contribution in [1.29, 1.82) is 0 Å². The van der Waals surface area contributed by atoms with E-state index in [1.807, 2.05) is 30.5 Å². The predicted molar refractivity (Wildman–Crippen MR) is 110 cm³/mol. The largest absolute Gasteiger partial charge is 0.361 e. The van der Waals surface area contributed by atoms with Crippen molar-refractivity contribution < 1.29 is 4.79 Å². The van der Waals surface area contributed by atoms with Gasteiger partial charge in [-0.3, -0.25) is 4.79 Å². The average Bonchev–Trinajstić information content (AvgIpc) is 3.17. The minimum atomic E-state index is 0.0302. The van der Waals surface area contributed by atoms with Crippen molar-refractivity contribution in [3.63, 3.8) is 0 Å². The smallest absolute Gasteiger partial charge is 0.251 e. The summed E-state index contributed by atoms with van der Waals surface area (Å²) in [6.45, 7) is 3.18. The highest BCUT2D eigenvalue weighted by molar-refractivity contribution is 5.98. The fourth-order valence-corrected chi connectivity index (χ4v) is 3.99. The van der Waals surface area contributed by atoms with Crippen molar-refractivity contribution in [2.24, 2.45) is 0 Å². The first-order valence-corrected chi connectivity index (χ1v) is 9.92. The molecule has 1 aliphatic rings. The normalized spacial score (nSPS) is 17.9. The minimum absolute atomic E-state index is 0.0302. The molecule has 0 saturated carbocycles. The van der Waals surface area contributed by atoms with Crippen molar-refractivity contribution in [3.8, 4) is 0 Å². The molecule has 4 nitrogen and oxygen atoms in total. The molecule has 4 heteroatoms. The zero-order chi connectivity index (χ0) is 18.5. The molecule has 0 unspecified atom stereocenters. The second-order valence-corrected chi connectivity index (χ2v) is 7.48. The van der Waals surface area contributed by atoms with Gasteiger partial charge in [-0.1, -0.05) is 36.4 Å². The predicted octanol–water partition coefficient (Wildman–Crippen LogP) is 3.99. The molecule has 2 N–H and O–H groups in total. The van der Waals surface area contributed by atoms with Gasteiger partial charge in [-0.2, -0.15) is 0 Å². The van der Waals surface area contributed by atoms with Crippen LogP contribution in [0, 0.1) is 0 Å². The Labute approximate surface area is 160 Å². The summed E-state index contributed by atoms with van der Waals surface area (Å²) in [6, 6.07) is 18.8. The molecule has 0 aliphatic carbocycles. The number of H-pyrrole nitrogens is 1. The summed E-state index contributed by atoms with van der Waals surface area (Å²) in [5, 5.41) is 4.37. The van der Waals surface area contributed by atoms with Gasteiger partial charge >= 0.3 is 0 Å². The van der Waals surface area contributed by atoms with Crippen LogP contribution in [-0.4, -0.2) is 41.5 Å². The third-order valence-electron chi connectivity index (χ3n) is 5.44. The molecule has 1 aromatic heterocycles. The Kier molecular flexibility index (Phi) is 5.54. The Balaban J connectivity index is 1.28. The first-order chi connectivity index (χ1) is 13.3. The number of aromatic amines is 1. The topological polar surface area (TPSA) is 48.1 Å². The lowest BCUT2D eigenvalue weighted by Gasteiger charge is -2.33. The second-order valence-electron chi connectivity index (χ2n) is 7.48. The van der Waals surface area contributed by atoms with E-state index in [-0.39, 0.29) is 11.9 Å². The van der Waals surface area contributed by atoms with Gasteiger partial charge < -0.3 is 15.2 Å². The van der Waals surface area contributed by atoms with Gasteiger partial charge in [-0.05, 0) is 67.9 Å². The molecule has 1 atom stereocenters. The van der Waals surface area contributed by atoms with Gasteiger partial charge in [-0.25, -0.2) is 0 Å². The number of rotatable bonds is 6. The number of carbonyl (C=O) groups is 1. The molecule has 2 aromatic carbocycles. The van der Waals surface area contributed by atoms with Crippen LogP contribution in [0.2, 0.25) is 0 Å². The van der Waals surface area contributed by atoms with Crippen LogP contribution in [0.25, 0.3) is 10.9 Å². The first-order valence-electron chi connectivity index (χ1n) is 9.92. The molecule has 0 spiro atoms. The lowest BCUT2D eigenvalue weighted by Crippen LogP contribution is -2.47. The summed E-state index contributed by atoms with van der Waals surface area (Å²) < 4.78 is 0. The number of amides is 1. The molecule has 1 amide bonds. The molecule has 1 fully saturated rings. The zero-order valence-corrected chi connectivity index (χ0v) is 15.7. The highest BCUT2D eigenvalue weighted by atomic mass is 16.1. The zero-order valence-electron chi connectivity index (χ0n) is 15.7. The first kappa shape index (κ1) is 17.8. The van der Waals surface area contributed by atoms with Crippen LogP contribution >= 0.6 is 0 Å². The molecule has 27 heavy (non-hydrogen) atoms. The number of likely N-dealkylation sites (tertiary alicyclic amines) is 1. The van der Waals surface area contributed by atoms with Gasteiger partial charge in [0.15, 0.2) is 0 Å². The SMILES string of the molecule is O=C(N[C@@H]1CCCN(CCCc2ccccc2)C1)c1ccc2cc[nH]c2c1. The lowest BCUT2D eigenvalue weighted by molar-refractivity contribution is 0.0903. The van der Waals surface area contributed by atoms with Crippen molar-refractivity contribution in [2.75, 3.05) is 19.6 Å². The van der Waals surface area contributed by atoms with E-state index in [1.54, 1.807) is 0 Å². The summed E-state index contributed by atoms with van der Waals surface area (Å²) >= 11 is 0. The van der Waals surface area contributed by atoms with E-state index in [1.165, 1.54) is 5.56 Å². The van der Waals surface area contributed by atoms with Gasteiger partial charge in [0.1, 0.15) is 0 Å². The van der Waals surface area contributed by atoms with E-state index >= 15 is 0 Å². The molecule has 3 aromatic rings. The van der Waals surface area contributed by atoms with E-state index in [2.05, 4.69) is 45.5 Å². The van der Waals surface area contributed by atoms with Crippen LogP contribution in [0.1, 0.15) is 35.2 Å². The van der Waals surface area contributed by atoms with Gasteiger partial charge in [0.05, 0.1) is 0 Å². The highest BCUT2D eigenvalue weighted by Gasteiger charge is 2.21. The van der Waals surface area contributed by atoms with Gasteiger partial charge in [0.2, 0.25) is 0 Å². The van der Waals surface area contributed by atoms with Crippen molar-refractivity contribution in [2.45, 2.75) is 31.7 Å². The number of nitrogens with one attached hydrogen (secondary N) is 2. The molecular weight excluding hydrogens is 334 g/mol. The quantitative estimate of drug-likeness (QED) is 0.697. The fourth-order valence-electron chi connectivity index (χ4n) is 3.99.